The van der Waals surface area contributed by atoms with Crippen LogP contribution in [0.15, 0.2) is 42.5 Å². The van der Waals surface area contributed by atoms with E-state index in [0.29, 0.717) is 21.8 Å². The number of halogens is 1. The van der Waals surface area contributed by atoms with Crippen molar-refractivity contribution in [3.8, 4) is 0 Å². The lowest BCUT2D eigenvalue weighted by Gasteiger charge is -2.27. The summed E-state index contributed by atoms with van der Waals surface area (Å²) in [6.45, 7) is 3.45. The lowest BCUT2D eigenvalue weighted by Crippen LogP contribution is -2.36. The molecule has 1 saturated heterocycles. The minimum absolute atomic E-state index is 0.0593. The van der Waals surface area contributed by atoms with Crippen molar-refractivity contribution in [3.05, 3.63) is 64.2 Å². The summed E-state index contributed by atoms with van der Waals surface area (Å²) in [5, 5.41) is 3.33. The first-order chi connectivity index (χ1) is 12.0. The molecule has 5 heteroatoms. The number of nitrogens with one attached hydrogen (secondary N) is 1. The molecule has 0 radical (unpaired) electrons. The minimum atomic E-state index is -0.251. The molecule has 0 unspecified atom stereocenters. The van der Waals surface area contributed by atoms with Crippen molar-refractivity contribution in [1.29, 1.82) is 0 Å². The summed E-state index contributed by atoms with van der Waals surface area (Å²) in [5.74, 6) is -0.311. The average Bonchev–Trinajstić information content (AvgIpc) is 2.62. The van der Waals surface area contributed by atoms with E-state index in [2.05, 4.69) is 5.32 Å². The summed E-state index contributed by atoms with van der Waals surface area (Å²) in [6.07, 6.45) is 3.19. The van der Waals surface area contributed by atoms with E-state index in [4.69, 9.17) is 11.6 Å². The molecule has 0 saturated carbocycles. The Balaban J connectivity index is 1.86. The van der Waals surface area contributed by atoms with E-state index in [0.717, 1.165) is 37.9 Å². The van der Waals surface area contributed by atoms with E-state index < -0.39 is 0 Å². The van der Waals surface area contributed by atoms with Crippen LogP contribution in [-0.4, -0.2) is 29.8 Å². The standard InChI is InChI=1S/C20H21ClN2O2/c1-14-6-5-7-15(12-14)19(24)22-18-13-16(21)8-9-17(18)20(25)23-10-3-2-4-11-23/h5-9,12-13H,2-4,10-11H2,1H3,(H,22,24). The highest BCUT2D eigenvalue weighted by atomic mass is 35.5. The fourth-order valence-corrected chi connectivity index (χ4v) is 3.23. The number of anilines is 1. The molecule has 0 aliphatic carbocycles. The number of carbonyl (C=O) groups excluding carboxylic acids is 2. The van der Waals surface area contributed by atoms with Crippen LogP contribution in [0.1, 0.15) is 45.5 Å². The normalized spacial score (nSPS) is 14.2. The number of hydrogen-bond acceptors (Lipinski definition) is 2. The molecule has 3 rings (SSSR count). The molecule has 1 N–H and O–H groups in total. The van der Waals surface area contributed by atoms with Crippen LogP contribution in [0.25, 0.3) is 0 Å². The van der Waals surface area contributed by atoms with Gasteiger partial charge in [0.1, 0.15) is 0 Å². The Kier molecular flexibility index (Phi) is 5.39. The zero-order valence-corrected chi connectivity index (χ0v) is 15.0. The third kappa shape index (κ3) is 4.20. The van der Waals surface area contributed by atoms with Crippen LogP contribution >= 0.6 is 11.6 Å². The van der Waals surface area contributed by atoms with Gasteiger partial charge in [0.15, 0.2) is 0 Å². The van der Waals surface area contributed by atoms with Crippen molar-refractivity contribution in [2.45, 2.75) is 26.2 Å². The summed E-state index contributed by atoms with van der Waals surface area (Å²) in [7, 11) is 0. The maximum atomic E-state index is 12.8. The number of amides is 2. The Morgan fingerprint density at radius 2 is 1.80 bits per heavy atom. The van der Waals surface area contributed by atoms with Crippen molar-refractivity contribution in [2.24, 2.45) is 0 Å². The van der Waals surface area contributed by atoms with E-state index in [1.165, 1.54) is 0 Å². The van der Waals surface area contributed by atoms with Gasteiger partial charge in [0.05, 0.1) is 11.3 Å². The molecule has 0 spiro atoms. The highest BCUT2D eigenvalue weighted by Gasteiger charge is 2.22. The average molecular weight is 357 g/mol. The molecular weight excluding hydrogens is 336 g/mol. The lowest BCUT2D eigenvalue weighted by atomic mass is 10.1. The van der Waals surface area contributed by atoms with Crippen molar-refractivity contribution in [2.75, 3.05) is 18.4 Å². The summed E-state index contributed by atoms with van der Waals surface area (Å²) in [4.78, 5) is 27.2. The van der Waals surface area contributed by atoms with Crippen molar-refractivity contribution in [1.82, 2.24) is 4.90 Å². The van der Waals surface area contributed by atoms with Gasteiger partial charge in [0, 0.05) is 23.7 Å². The molecule has 0 aromatic heterocycles. The maximum Gasteiger partial charge on any atom is 0.255 e. The third-order valence-corrected chi connectivity index (χ3v) is 4.62. The van der Waals surface area contributed by atoms with Crippen molar-refractivity contribution < 1.29 is 9.59 Å². The number of nitrogens with zero attached hydrogens (tertiary/aromatic N) is 1. The highest BCUT2D eigenvalue weighted by molar-refractivity contribution is 6.31. The van der Waals surface area contributed by atoms with Crippen LogP contribution in [0.2, 0.25) is 5.02 Å². The Morgan fingerprint density at radius 1 is 1.04 bits per heavy atom. The second-order valence-electron chi connectivity index (χ2n) is 6.37. The molecular formula is C20H21ClN2O2. The molecule has 1 aliphatic rings. The topological polar surface area (TPSA) is 49.4 Å². The van der Waals surface area contributed by atoms with Crippen LogP contribution in [0.5, 0.6) is 0 Å². The summed E-state index contributed by atoms with van der Waals surface area (Å²) >= 11 is 6.09. The van der Waals surface area contributed by atoms with Crippen molar-refractivity contribution in [3.63, 3.8) is 0 Å². The SMILES string of the molecule is Cc1cccc(C(=O)Nc2cc(Cl)ccc2C(=O)N2CCCCC2)c1. The monoisotopic (exact) mass is 356 g/mol. The Labute approximate surface area is 152 Å². The number of piperidine rings is 1. The van der Waals surface area contributed by atoms with Gasteiger partial charge in [-0.25, -0.2) is 0 Å². The first-order valence-corrected chi connectivity index (χ1v) is 8.89. The minimum Gasteiger partial charge on any atom is -0.339 e. The third-order valence-electron chi connectivity index (χ3n) is 4.38. The van der Waals surface area contributed by atoms with E-state index in [1.54, 1.807) is 24.3 Å². The number of benzene rings is 2. The molecule has 1 aliphatic heterocycles. The molecule has 2 aromatic rings. The number of rotatable bonds is 3. The lowest BCUT2D eigenvalue weighted by molar-refractivity contribution is 0.0725. The summed E-state index contributed by atoms with van der Waals surface area (Å²) < 4.78 is 0. The number of hydrogen-bond donors (Lipinski definition) is 1. The summed E-state index contributed by atoms with van der Waals surface area (Å²) in [6, 6.07) is 12.3. The van der Waals surface area contributed by atoms with E-state index in [9.17, 15) is 9.59 Å². The molecule has 25 heavy (non-hydrogen) atoms. The highest BCUT2D eigenvalue weighted by Crippen LogP contribution is 2.24. The first kappa shape index (κ1) is 17.5. The zero-order valence-electron chi connectivity index (χ0n) is 14.2. The molecule has 0 bridgehead atoms. The van der Waals surface area contributed by atoms with E-state index in [1.807, 2.05) is 30.0 Å². The van der Waals surface area contributed by atoms with Crippen LogP contribution < -0.4 is 5.32 Å². The number of likely N-dealkylation sites (tertiary alicyclic amines) is 1. The maximum absolute atomic E-state index is 12.8. The molecule has 2 amide bonds. The number of aryl methyl sites for hydroxylation is 1. The van der Waals surface area contributed by atoms with Gasteiger partial charge < -0.3 is 10.2 Å². The molecule has 130 valence electrons. The number of carbonyl (C=O) groups is 2. The van der Waals surface area contributed by atoms with E-state index >= 15 is 0 Å². The summed E-state index contributed by atoms with van der Waals surface area (Å²) in [5.41, 5.74) is 2.49. The van der Waals surface area contributed by atoms with Gasteiger partial charge in [-0.2, -0.15) is 0 Å². The van der Waals surface area contributed by atoms with Gasteiger partial charge in [-0.1, -0.05) is 29.3 Å². The predicted octanol–water partition coefficient (Wildman–Crippen LogP) is 4.53. The fourth-order valence-electron chi connectivity index (χ4n) is 3.05. The molecule has 2 aromatic carbocycles. The quantitative estimate of drug-likeness (QED) is 0.878. The van der Waals surface area contributed by atoms with Crippen LogP contribution in [-0.2, 0) is 0 Å². The fraction of sp³-hybridized carbons (Fsp3) is 0.300. The Morgan fingerprint density at radius 3 is 2.52 bits per heavy atom. The van der Waals surface area contributed by atoms with Gasteiger partial charge in [-0.3, -0.25) is 9.59 Å². The second kappa shape index (κ2) is 7.70. The van der Waals surface area contributed by atoms with Crippen LogP contribution in [0.4, 0.5) is 5.69 Å². The Hall–Kier alpha value is -2.33. The smallest absolute Gasteiger partial charge is 0.255 e. The van der Waals surface area contributed by atoms with Gasteiger partial charge in [-0.15, -0.1) is 0 Å². The van der Waals surface area contributed by atoms with Crippen molar-refractivity contribution >= 4 is 29.1 Å². The molecule has 1 fully saturated rings. The molecule has 0 atom stereocenters. The van der Waals surface area contributed by atoms with E-state index in [-0.39, 0.29) is 11.8 Å². The largest absolute Gasteiger partial charge is 0.339 e. The van der Waals surface area contributed by atoms with Gasteiger partial charge in [-0.05, 0) is 56.5 Å². The predicted molar refractivity (Wildman–Crippen MR) is 100 cm³/mol. The zero-order chi connectivity index (χ0) is 17.8. The molecule has 4 nitrogen and oxygen atoms in total. The Bertz CT molecular complexity index is 798. The molecule has 1 heterocycles. The second-order valence-corrected chi connectivity index (χ2v) is 6.80. The van der Waals surface area contributed by atoms with Gasteiger partial charge in [0.2, 0.25) is 0 Å². The first-order valence-electron chi connectivity index (χ1n) is 8.51. The van der Waals surface area contributed by atoms with Gasteiger partial charge >= 0.3 is 0 Å². The van der Waals surface area contributed by atoms with Crippen LogP contribution in [0.3, 0.4) is 0 Å². The van der Waals surface area contributed by atoms with Crippen LogP contribution in [0, 0.1) is 6.92 Å². The van der Waals surface area contributed by atoms with Gasteiger partial charge in [0.25, 0.3) is 11.8 Å².